The van der Waals surface area contributed by atoms with Gasteiger partial charge in [-0.3, -0.25) is 4.79 Å². The van der Waals surface area contributed by atoms with E-state index in [0.29, 0.717) is 19.1 Å². The number of likely N-dealkylation sites (tertiary alicyclic amines) is 1. The van der Waals surface area contributed by atoms with Gasteiger partial charge in [-0.05, 0) is 50.9 Å². The van der Waals surface area contributed by atoms with Crippen LogP contribution in [0.4, 0.5) is 0 Å². The van der Waals surface area contributed by atoms with E-state index in [0.717, 1.165) is 38.1 Å². The lowest BCUT2D eigenvalue weighted by atomic mass is 10.0. The predicted octanol–water partition coefficient (Wildman–Crippen LogP) is 2.23. The molecule has 1 saturated heterocycles. The van der Waals surface area contributed by atoms with E-state index >= 15 is 0 Å². The molecule has 0 atom stereocenters. The van der Waals surface area contributed by atoms with Crippen molar-refractivity contribution in [2.75, 3.05) is 26.7 Å². The molecule has 0 spiro atoms. The Morgan fingerprint density at radius 2 is 1.95 bits per heavy atom. The van der Waals surface area contributed by atoms with Gasteiger partial charge in [-0.2, -0.15) is 0 Å². The maximum Gasteiger partial charge on any atom is 0.222 e. The molecule has 21 heavy (non-hydrogen) atoms. The first kappa shape index (κ1) is 15.8. The lowest BCUT2D eigenvalue weighted by molar-refractivity contribution is -0.132. The average molecular weight is 290 g/mol. The van der Waals surface area contributed by atoms with E-state index in [9.17, 15) is 4.79 Å². The summed E-state index contributed by atoms with van der Waals surface area (Å²) in [5.74, 6) is 1.17. The fourth-order valence-electron chi connectivity index (χ4n) is 2.75. The summed E-state index contributed by atoms with van der Waals surface area (Å²) in [6.07, 6.45) is 3.52. The number of piperidine rings is 1. The van der Waals surface area contributed by atoms with Crippen molar-refractivity contribution in [2.45, 2.75) is 38.6 Å². The van der Waals surface area contributed by atoms with E-state index in [1.54, 1.807) is 0 Å². The first-order valence-corrected chi connectivity index (χ1v) is 7.89. The summed E-state index contributed by atoms with van der Waals surface area (Å²) in [7, 11) is 1.99. The molecular weight excluding hydrogens is 264 g/mol. The number of carbonyl (C=O) groups excluding carboxylic acids is 1. The fourth-order valence-corrected chi connectivity index (χ4v) is 2.75. The zero-order valence-electron chi connectivity index (χ0n) is 13.1. The number of nitrogens with zero attached hydrogens (tertiary/aromatic N) is 1. The molecule has 0 unspecified atom stereocenters. The molecule has 1 N–H and O–H groups in total. The maximum absolute atomic E-state index is 12.2. The minimum absolute atomic E-state index is 0.276. The van der Waals surface area contributed by atoms with Crippen LogP contribution in [0.3, 0.4) is 0 Å². The Morgan fingerprint density at radius 3 is 2.52 bits per heavy atom. The normalized spacial score (nSPS) is 16.0. The van der Waals surface area contributed by atoms with Gasteiger partial charge in [0.25, 0.3) is 0 Å². The third kappa shape index (κ3) is 4.74. The van der Waals surface area contributed by atoms with Crippen molar-refractivity contribution in [3.63, 3.8) is 0 Å². The topological polar surface area (TPSA) is 41.6 Å². The molecule has 2 rings (SSSR count). The van der Waals surface area contributed by atoms with E-state index in [1.807, 2.05) is 43.1 Å². The van der Waals surface area contributed by atoms with Crippen LogP contribution < -0.4 is 10.1 Å². The Morgan fingerprint density at radius 1 is 1.29 bits per heavy atom. The molecule has 116 valence electrons. The van der Waals surface area contributed by atoms with Gasteiger partial charge in [0.05, 0.1) is 6.61 Å². The number of ether oxygens (including phenoxy) is 1. The van der Waals surface area contributed by atoms with Gasteiger partial charge < -0.3 is 15.0 Å². The maximum atomic E-state index is 12.2. The van der Waals surface area contributed by atoms with Gasteiger partial charge in [-0.1, -0.05) is 12.1 Å². The van der Waals surface area contributed by atoms with Crippen LogP contribution in [0.5, 0.6) is 5.75 Å². The molecule has 0 bridgehead atoms. The third-order valence-corrected chi connectivity index (χ3v) is 4.12. The summed E-state index contributed by atoms with van der Waals surface area (Å²) in [6.45, 7) is 4.42. The van der Waals surface area contributed by atoms with Gasteiger partial charge in [0.2, 0.25) is 5.91 Å². The van der Waals surface area contributed by atoms with Crippen LogP contribution in [-0.4, -0.2) is 43.6 Å². The Labute approximate surface area is 127 Å². The predicted molar refractivity (Wildman–Crippen MR) is 84.6 cm³/mol. The van der Waals surface area contributed by atoms with Crippen LogP contribution in [0, 0.1) is 0 Å². The zero-order chi connectivity index (χ0) is 15.1. The minimum atomic E-state index is 0.276. The summed E-state index contributed by atoms with van der Waals surface area (Å²) < 4.78 is 5.42. The van der Waals surface area contributed by atoms with Crippen molar-refractivity contribution in [3.8, 4) is 5.75 Å². The van der Waals surface area contributed by atoms with Crippen molar-refractivity contribution in [2.24, 2.45) is 0 Å². The van der Waals surface area contributed by atoms with E-state index in [2.05, 4.69) is 5.32 Å². The summed E-state index contributed by atoms with van der Waals surface area (Å²) in [5.41, 5.74) is 1.19. The Bertz CT molecular complexity index is 437. The van der Waals surface area contributed by atoms with E-state index in [-0.39, 0.29) is 5.91 Å². The van der Waals surface area contributed by atoms with Crippen molar-refractivity contribution in [3.05, 3.63) is 29.8 Å². The average Bonchev–Trinajstić information content (AvgIpc) is 2.54. The van der Waals surface area contributed by atoms with Crippen LogP contribution in [-0.2, 0) is 11.2 Å². The molecule has 1 aromatic carbocycles. The largest absolute Gasteiger partial charge is 0.494 e. The van der Waals surface area contributed by atoms with Gasteiger partial charge in [0.1, 0.15) is 5.75 Å². The van der Waals surface area contributed by atoms with Crippen LogP contribution in [0.2, 0.25) is 0 Å². The van der Waals surface area contributed by atoms with Crippen molar-refractivity contribution < 1.29 is 9.53 Å². The lowest BCUT2D eigenvalue weighted by Crippen LogP contribution is -2.44. The number of amides is 1. The molecule has 1 aliphatic rings. The van der Waals surface area contributed by atoms with E-state index < -0.39 is 0 Å². The molecule has 1 fully saturated rings. The molecule has 0 saturated carbocycles. The first-order valence-electron chi connectivity index (χ1n) is 7.89. The van der Waals surface area contributed by atoms with Crippen molar-refractivity contribution >= 4 is 5.91 Å². The van der Waals surface area contributed by atoms with Gasteiger partial charge in [0.15, 0.2) is 0 Å². The van der Waals surface area contributed by atoms with Gasteiger partial charge in [0, 0.05) is 25.6 Å². The molecule has 1 aromatic rings. The van der Waals surface area contributed by atoms with E-state index in [4.69, 9.17) is 4.74 Å². The number of aryl methyl sites for hydroxylation is 1. The molecule has 1 heterocycles. The highest BCUT2D eigenvalue weighted by Crippen LogP contribution is 2.15. The number of benzene rings is 1. The van der Waals surface area contributed by atoms with Gasteiger partial charge in [-0.25, -0.2) is 0 Å². The quantitative estimate of drug-likeness (QED) is 0.873. The van der Waals surface area contributed by atoms with Crippen LogP contribution in [0.1, 0.15) is 31.7 Å². The lowest BCUT2D eigenvalue weighted by Gasteiger charge is -2.31. The number of hydrogen-bond donors (Lipinski definition) is 1. The second kappa shape index (κ2) is 8.03. The number of carbonyl (C=O) groups is 1. The summed E-state index contributed by atoms with van der Waals surface area (Å²) in [4.78, 5) is 14.2. The van der Waals surface area contributed by atoms with Crippen LogP contribution in [0.15, 0.2) is 24.3 Å². The fraction of sp³-hybridized carbons (Fsp3) is 0.588. The minimum Gasteiger partial charge on any atom is -0.494 e. The number of nitrogens with one attached hydrogen (secondary N) is 1. The standard InChI is InChI=1S/C17H26N2O2/c1-3-21-16-7-4-14(5-8-16)6-9-17(20)19-12-10-15(18-2)11-13-19/h4-5,7-8,15,18H,3,6,9-13H2,1-2H3. The van der Waals surface area contributed by atoms with Crippen molar-refractivity contribution in [1.82, 2.24) is 10.2 Å². The third-order valence-electron chi connectivity index (χ3n) is 4.12. The molecule has 1 amide bonds. The molecule has 4 heteroatoms. The first-order chi connectivity index (χ1) is 10.2. The van der Waals surface area contributed by atoms with Gasteiger partial charge in [-0.15, -0.1) is 0 Å². The molecule has 1 aliphatic heterocycles. The second-order valence-electron chi connectivity index (χ2n) is 5.52. The van der Waals surface area contributed by atoms with Gasteiger partial charge >= 0.3 is 0 Å². The van der Waals surface area contributed by atoms with E-state index in [1.165, 1.54) is 5.56 Å². The summed E-state index contributed by atoms with van der Waals surface area (Å²) in [6, 6.07) is 8.61. The Hall–Kier alpha value is -1.55. The molecule has 0 aromatic heterocycles. The highest BCUT2D eigenvalue weighted by atomic mass is 16.5. The van der Waals surface area contributed by atoms with Crippen LogP contribution in [0.25, 0.3) is 0 Å². The summed E-state index contributed by atoms with van der Waals surface area (Å²) in [5, 5.41) is 3.29. The second-order valence-corrected chi connectivity index (χ2v) is 5.52. The molecular formula is C17H26N2O2. The smallest absolute Gasteiger partial charge is 0.222 e. The summed E-state index contributed by atoms with van der Waals surface area (Å²) >= 11 is 0. The molecule has 0 radical (unpaired) electrons. The highest BCUT2D eigenvalue weighted by molar-refractivity contribution is 5.76. The van der Waals surface area contributed by atoms with Crippen LogP contribution >= 0.6 is 0 Å². The SMILES string of the molecule is CCOc1ccc(CCC(=O)N2CCC(NC)CC2)cc1. The number of hydrogen-bond acceptors (Lipinski definition) is 3. The molecule has 4 nitrogen and oxygen atoms in total. The molecule has 0 aliphatic carbocycles. The highest BCUT2D eigenvalue weighted by Gasteiger charge is 2.21. The van der Waals surface area contributed by atoms with Crippen molar-refractivity contribution in [1.29, 1.82) is 0 Å². The Balaban J connectivity index is 1.76. The number of rotatable bonds is 6. The monoisotopic (exact) mass is 290 g/mol. The zero-order valence-corrected chi connectivity index (χ0v) is 13.1. The Kier molecular flexibility index (Phi) is 6.05.